The number of nitrogens with two attached hydrogens (primary N) is 1. The predicted octanol–water partition coefficient (Wildman–Crippen LogP) is 4.70. The first-order valence-electron chi connectivity index (χ1n) is 13.4. The second kappa shape index (κ2) is 13.4. The van der Waals surface area contributed by atoms with Crippen molar-refractivity contribution < 1.29 is 35.8 Å². The number of imidazole rings is 1. The van der Waals surface area contributed by atoms with E-state index in [1.54, 1.807) is 7.05 Å². The highest BCUT2D eigenvalue weighted by atomic mass is 32.2. The molecule has 0 saturated carbocycles. The third-order valence-electron chi connectivity index (χ3n) is 6.41. The fourth-order valence-electron chi connectivity index (χ4n) is 4.25. The van der Waals surface area contributed by atoms with E-state index < -0.39 is 22.8 Å². The van der Waals surface area contributed by atoms with E-state index in [4.69, 9.17) is 19.9 Å². The van der Waals surface area contributed by atoms with E-state index in [2.05, 4.69) is 9.71 Å². The summed E-state index contributed by atoms with van der Waals surface area (Å²) in [7, 11) is -1.07. The average molecular weight is 624 g/mol. The topological polar surface area (TPSA) is 140 Å². The van der Waals surface area contributed by atoms with E-state index in [1.165, 1.54) is 71.0 Å². The molecule has 0 aliphatic rings. The largest absolute Gasteiger partial charge is 0.493 e. The van der Waals surface area contributed by atoms with Crippen molar-refractivity contribution in [3.05, 3.63) is 65.3 Å². The number of ether oxygens (including phenoxy) is 3. The number of nitrogens with zero attached hydrogens (tertiary/aromatic N) is 3. The molecule has 11 nitrogen and oxygen atoms in total. The minimum atomic E-state index is -4.58. The van der Waals surface area contributed by atoms with Crippen molar-refractivity contribution in [2.75, 3.05) is 24.5 Å². The molecule has 2 aromatic heterocycles. The van der Waals surface area contributed by atoms with Gasteiger partial charge in [-0.3, -0.25) is 18.8 Å². The molecule has 2 heterocycles. The van der Waals surface area contributed by atoms with Crippen LogP contribution in [0, 0.1) is 0 Å². The van der Waals surface area contributed by atoms with Crippen LogP contribution in [0.4, 0.5) is 18.9 Å². The summed E-state index contributed by atoms with van der Waals surface area (Å²) in [4.78, 5) is 16.3. The van der Waals surface area contributed by atoms with Gasteiger partial charge in [0.1, 0.15) is 22.1 Å². The van der Waals surface area contributed by atoms with Gasteiger partial charge in [-0.05, 0) is 37.6 Å². The molecule has 2 aromatic carbocycles. The fraction of sp³-hybridized carbons (Fsp3) is 0.357. The molecule has 3 N–H and O–H groups in total. The van der Waals surface area contributed by atoms with Crippen LogP contribution in [0.3, 0.4) is 0 Å². The fourth-order valence-corrected chi connectivity index (χ4v) is 5.28. The number of halogens is 3. The molecule has 0 spiro atoms. The standard InChI is InChI=1S/C28H32F3N5O6S/c1-35-24-15-23(34-43(38,39)22-8-7-10-33-17-22)26(16-25(24)36(2)27(35)37)42-21-13-19(40-11-6-4-3-5-9-32)12-20(14-21)41-18-28(29,30)31/h7-8,10,12-17,34H,3-6,9,11,18,32H2,1-2H3. The molecule has 43 heavy (non-hydrogen) atoms. The third-order valence-corrected chi connectivity index (χ3v) is 7.76. The molecular formula is C28H32F3N5O6S. The molecule has 4 rings (SSSR count). The minimum Gasteiger partial charge on any atom is -0.493 e. The number of aryl methyl sites for hydroxylation is 2. The molecule has 0 saturated heterocycles. The lowest BCUT2D eigenvalue weighted by atomic mass is 10.2. The van der Waals surface area contributed by atoms with Crippen molar-refractivity contribution in [2.45, 2.75) is 36.8 Å². The lowest BCUT2D eigenvalue weighted by Gasteiger charge is -2.17. The van der Waals surface area contributed by atoms with Gasteiger partial charge in [-0.25, -0.2) is 13.2 Å². The molecule has 0 amide bonds. The number of pyridine rings is 1. The van der Waals surface area contributed by atoms with Crippen LogP contribution in [0.5, 0.6) is 23.0 Å². The van der Waals surface area contributed by atoms with Gasteiger partial charge in [0, 0.05) is 50.8 Å². The highest BCUT2D eigenvalue weighted by Crippen LogP contribution is 2.38. The maximum absolute atomic E-state index is 13.2. The molecular weight excluding hydrogens is 591 g/mol. The number of benzene rings is 2. The first kappa shape index (κ1) is 31.7. The number of alkyl halides is 3. The Labute approximate surface area is 246 Å². The molecule has 0 bridgehead atoms. The summed E-state index contributed by atoms with van der Waals surface area (Å²) in [5.74, 6) is 0.0135. The highest BCUT2D eigenvalue weighted by molar-refractivity contribution is 7.92. The van der Waals surface area contributed by atoms with Crippen molar-refractivity contribution >= 4 is 26.7 Å². The smallest absolute Gasteiger partial charge is 0.422 e. The number of sulfonamides is 1. The molecule has 0 atom stereocenters. The van der Waals surface area contributed by atoms with Crippen LogP contribution in [0.25, 0.3) is 11.0 Å². The van der Waals surface area contributed by atoms with E-state index in [0.717, 1.165) is 19.3 Å². The second-order valence-corrected chi connectivity index (χ2v) is 11.4. The van der Waals surface area contributed by atoms with Gasteiger partial charge in [0.05, 0.1) is 23.3 Å². The van der Waals surface area contributed by atoms with Gasteiger partial charge in [-0.2, -0.15) is 13.2 Å². The summed E-state index contributed by atoms with van der Waals surface area (Å²) in [5.41, 5.74) is 5.95. The SMILES string of the molecule is Cn1c(=O)n(C)c2cc(Oc3cc(OCCCCCCN)cc(OCC(F)(F)F)c3)c(NS(=O)(=O)c3cccnc3)cc21. The van der Waals surface area contributed by atoms with Crippen LogP contribution < -0.4 is 30.4 Å². The Bertz CT molecular complexity index is 1720. The molecule has 0 radical (unpaired) electrons. The van der Waals surface area contributed by atoms with Gasteiger partial charge in [-0.1, -0.05) is 12.8 Å². The van der Waals surface area contributed by atoms with E-state index in [-0.39, 0.29) is 39.3 Å². The number of hydrogen-bond donors (Lipinski definition) is 2. The lowest BCUT2D eigenvalue weighted by molar-refractivity contribution is -0.153. The Morgan fingerprint density at radius 1 is 0.930 bits per heavy atom. The summed E-state index contributed by atoms with van der Waals surface area (Å²) < 4.78 is 87.0. The first-order chi connectivity index (χ1) is 20.4. The van der Waals surface area contributed by atoms with Crippen molar-refractivity contribution in [3.63, 3.8) is 0 Å². The third kappa shape index (κ3) is 8.20. The number of hydrogen-bond acceptors (Lipinski definition) is 8. The summed E-state index contributed by atoms with van der Waals surface area (Å²) in [6.07, 6.45) is 1.37. The minimum absolute atomic E-state index is 0.0138. The Morgan fingerprint density at radius 2 is 1.58 bits per heavy atom. The second-order valence-electron chi connectivity index (χ2n) is 9.73. The van der Waals surface area contributed by atoms with Gasteiger partial charge in [0.15, 0.2) is 12.4 Å². The zero-order valence-electron chi connectivity index (χ0n) is 23.6. The van der Waals surface area contributed by atoms with Gasteiger partial charge in [0.2, 0.25) is 0 Å². The predicted molar refractivity (Wildman–Crippen MR) is 154 cm³/mol. The molecule has 0 fully saturated rings. The quantitative estimate of drug-likeness (QED) is 0.193. The van der Waals surface area contributed by atoms with E-state index in [0.29, 0.717) is 30.6 Å². The first-order valence-corrected chi connectivity index (χ1v) is 14.8. The Hall–Kier alpha value is -4.24. The number of aromatic nitrogens is 3. The Balaban J connectivity index is 1.72. The van der Waals surface area contributed by atoms with Crippen molar-refractivity contribution in [2.24, 2.45) is 19.8 Å². The van der Waals surface area contributed by atoms with E-state index in [1.807, 2.05) is 0 Å². The molecule has 0 aliphatic carbocycles. The number of anilines is 1. The number of nitrogens with one attached hydrogen (secondary N) is 1. The maximum Gasteiger partial charge on any atom is 0.422 e. The van der Waals surface area contributed by atoms with Crippen LogP contribution in [-0.2, 0) is 24.1 Å². The Kier molecular flexibility index (Phi) is 9.86. The molecule has 0 aliphatic heterocycles. The zero-order chi connectivity index (χ0) is 31.2. The Morgan fingerprint density at radius 3 is 2.23 bits per heavy atom. The van der Waals surface area contributed by atoms with Crippen LogP contribution in [0.15, 0.2) is 64.5 Å². The molecule has 15 heteroatoms. The van der Waals surface area contributed by atoms with Gasteiger partial charge >= 0.3 is 11.9 Å². The number of unbranched alkanes of at least 4 members (excludes halogenated alkanes) is 3. The van der Waals surface area contributed by atoms with Gasteiger partial charge in [0.25, 0.3) is 10.0 Å². The van der Waals surface area contributed by atoms with Crippen LogP contribution in [0.1, 0.15) is 25.7 Å². The summed E-state index contributed by atoms with van der Waals surface area (Å²) in [5, 5.41) is 0. The zero-order valence-corrected chi connectivity index (χ0v) is 24.4. The van der Waals surface area contributed by atoms with E-state index in [9.17, 15) is 26.4 Å². The normalized spacial score (nSPS) is 12.0. The maximum atomic E-state index is 13.2. The van der Waals surface area contributed by atoms with Crippen LogP contribution >= 0.6 is 0 Å². The summed E-state index contributed by atoms with van der Waals surface area (Å²) >= 11 is 0. The lowest BCUT2D eigenvalue weighted by Crippen LogP contribution is -2.19. The molecule has 4 aromatic rings. The molecule has 0 unspecified atom stereocenters. The van der Waals surface area contributed by atoms with Crippen molar-refractivity contribution in [3.8, 4) is 23.0 Å². The van der Waals surface area contributed by atoms with Crippen LogP contribution in [-0.4, -0.2) is 48.5 Å². The van der Waals surface area contributed by atoms with E-state index >= 15 is 0 Å². The highest BCUT2D eigenvalue weighted by Gasteiger charge is 2.29. The van der Waals surface area contributed by atoms with Crippen molar-refractivity contribution in [1.29, 1.82) is 0 Å². The van der Waals surface area contributed by atoms with Gasteiger partial charge in [-0.15, -0.1) is 0 Å². The number of rotatable bonds is 14. The number of fused-ring (bicyclic) bond motifs is 1. The summed E-state index contributed by atoms with van der Waals surface area (Å²) in [6, 6.07) is 9.70. The summed E-state index contributed by atoms with van der Waals surface area (Å²) in [6.45, 7) is -0.659. The molecule has 232 valence electrons. The average Bonchev–Trinajstić information content (AvgIpc) is 3.17. The van der Waals surface area contributed by atoms with Gasteiger partial charge < -0.3 is 19.9 Å². The van der Waals surface area contributed by atoms with Crippen molar-refractivity contribution in [1.82, 2.24) is 14.1 Å². The monoisotopic (exact) mass is 623 g/mol. The van der Waals surface area contributed by atoms with Crippen LogP contribution in [0.2, 0.25) is 0 Å².